The maximum atomic E-state index is 15.2. The lowest BCUT2D eigenvalue weighted by Gasteiger charge is -2.42. The van der Waals surface area contributed by atoms with Gasteiger partial charge in [0.2, 0.25) is 5.91 Å². The fourth-order valence-electron chi connectivity index (χ4n) is 8.46. The van der Waals surface area contributed by atoms with E-state index < -0.39 is 28.6 Å². The van der Waals surface area contributed by atoms with Crippen LogP contribution in [0.4, 0.5) is 8.78 Å². The summed E-state index contributed by atoms with van der Waals surface area (Å²) < 4.78 is 43.5. The van der Waals surface area contributed by atoms with Crippen molar-refractivity contribution in [1.82, 2.24) is 24.6 Å². The Balaban J connectivity index is 1.15. The summed E-state index contributed by atoms with van der Waals surface area (Å²) in [5.41, 5.74) is 2.49. The van der Waals surface area contributed by atoms with Crippen molar-refractivity contribution in [2.24, 2.45) is 13.0 Å². The Labute approximate surface area is 274 Å². The predicted octanol–water partition coefficient (Wildman–Crippen LogP) is 5.82. The average Bonchev–Trinajstić information content (AvgIpc) is 3.75. The zero-order valence-corrected chi connectivity index (χ0v) is 27.7. The molecule has 0 saturated carbocycles. The number of amides is 1. The number of aryl methyl sites for hydroxylation is 2. The van der Waals surface area contributed by atoms with Crippen LogP contribution in [0.1, 0.15) is 79.6 Å². The van der Waals surface area contributed by atoms with E-state index in [0.717, 1.165) is 41.4 Å². The molecule has 0 N–H and O–H groups in total. The number of carbonyl (C=O) groups excluding carboxylic acids is 1. The molecule has 7 rings (SSSR count). The van der Waals surface area contributed by atoms with Crippen LogP contribution in [0.3, 0.4) is 0 Å². The SMILES string of the molecule is Cc1cc2c(cc1Cl)C1(CCN(C(=O)[C@@H]3CN(C4CCOCC4)C[C@H]3c3ccc(F)cc3F)CC1)O[C@@H]2C(C)(C)c1ncnn1C. The molecule has 0 aliphatic carbocycles. The van der Waals surface area contributed by atoms with E-state index in [9.17, 15) is 9.18 Å². The van der Waals surface area contributed by atoms with Crippen molar-refractivity contribution in [3.8, 4) is 0 Å². The molecule has 1 spiro atoms. The Morgan fingerprint density at radius 3 is 2.48 bits per heavy atom. The van der Waals surface area contributed by atoms with Crippen LogP contribution in [0.15, 0.2) is 36.7 Å². The van der Waals surface area contributed by atoms with Gasteiger partial charge in [0.05, 0.1) is 23.0 Å². The van der Waals surface area contributed by atoms with Crippen LogP contribution in [0.2, 0.25) is 5.02 Å². The molecule has 0 bridgehead atoms. The van der Waals surface area contributed by atoms with Crippen molar-refractivity contribution in [1.29, 1.82) is 0 Å². The molecule has 46 heavy (non-hydrogen) atoms. The Morgan fingerprint density at radius 2 is 1.80 bits per heavy atom. The van der Waals surface area contributed by atoms with Gasteiger partial charge in [-0.15, -0.1) is 0 Å². The topological polar surface area (TPSA) is 72.7 Å². The van der Waals surface area contributed by atoms with E-state index in [0.29, 0.717) is 62.8 Å². The second kappa shape index (κ2) is 12.0. The smallest absolute Gasteiger partial charge is 0.227 e. The summed E-state index contributed by atoms with van der Waals surface area (Å²) in [5, 5.41) is 5.01. The molecule has 0 unspecified atom stereocenters. The van der Waals surface area contributed by atoms with E-state index in [-0.39, 0.29) is 24.0 Å². The van der Waals surface area contributed by atoms with Gasteiger partial charge in [0.25, 0.3) is 0 Å². The largest absolute Gasteiger partial charge is 0.381 e. The van der Waals surface area contributed by atoms with Crippen LogP contribution < -0.4 is 0 Å². The first-order valence-electron chi connectivity index (χ1n) is 16.4. The molecule has 3 fully saturated rings. The predicted molar refractivity (Wildman–Crippen MR) is 170 cm³/mol. The summed E-state index contributed by atoms with van der Waals surface area (Å²) in [7, 11) is 1.89. The first kappa shape index (κ1) is 31.7. The summed E-state index contributed by atoms with van der Waals surface area (Å²) in [5.74, 6) is -1.13. The van der Waals surface area contributed by atoms with Gasteiger partial charge in [0.15, 0.2) is 0 Å². The second-order valence-electron chi connectivity index (χ2n) is 14.1. The molecule has 4 aliphatic heterocycles. The Morgan fingerprint density at radius 1 is 1.07 bits per heavy atom. The van der Waals surface area contributed by atoms with Crippen LogP contribution in [-0.4, -0.2) is 75.9 Å². The zero-order chi connectivity index (χ0) is 32.4. The van der Waals surface area contributed by atoms with Crippen molar-refractivity contribution in [2.75, 3.05) is 39.4 Å². The number of ether oxygens (including phenoxy) is 2. The number of nitrogens with zero attached hydrogens (tertiary/aromatic N) is 5. The third-order valence-corrected chi connectivity index (χ3v) is 11.4. The zero-order valence-electron chi connectivity index (χ0n) is 26.9. The number of piperidine rings is 1. The molecule has 3 aromatic rings. The van der Waals surface area contributed by atoms with E-state index in [1.807, 2.05) is 24.9 Å². The van der Waals surface area contributed by atoms with E-state index in [1.165, 1.54) is 12.1 Å². The maximum Gasteiger partial charge on any atom is 0.227 e. The molecule has 1 aromatic heterocycles. The molecule has 3 saturated heterocycles. The standard InChI is InChI=1S/C35H42ClF2N5O3/c1-21-15-25-28(17-29(21)36)35(46-31(25)34(2,3)33-39-20-40-41(33)4)9-11-42(12-10-35)32(44)27-19-43(23-7-13-45-14-8-23)18-26(27)24-6-5-22(37)16-30(24)38/h5-6,15-17,20,23,26-27,31H,7-14,18-19H2,1-4H3/t26-,27+,31-/m0/s1. The highest BCUT2D eigenvalue weighted by Gasteiger charge is 2.54. The molecule has 2 aromatic carbocycles. The fraction of sp³-hybridized carbons (Fsp3) is 0.571. The number of likely N-dealkylation sites (tertiary alicyclic amines) is 2. The summed E-state index contributed by atoms with van der Waals surface area (Å²) in [6, 6.07) is 8.21. The number of fused-ring (bicyclic) bond motifs is 2. The number of rotatable bonds is 5. The third-order valence-electron chi connectivity index (χ3n) is 11.0. The molecule has 4 aliphatic rings. The summed E-state index contributed by atoms with van der Waals surface area (Å²) in [6.07, 6.45) is 4.28. The van der Waals surface area contributed by atoms with Crippen LogP contribution in [0, 0.1) is 24.5 Å². The highest BCUT2D eigenvalue weighted by Crippen LogP contribution is 2.56. The molecular formula is C35H42ClF2N5O3. The lowest BCUT2D eigenvalue weighted by Crippen LogP contribution is -2.48. The minimum atomic E-state index is -0.613. The van der Waals surface area contributed by atoms with Gasteiger partial charge in [-0.2, -0.15) is 5.10 Å². The van der Waals surface area contributed by atoms with Gasteiger partial charge in [-0.25, -0.2) is 13.8 Å². The highest BCUT2D eigenvalue weighted by atomic mass is 35.5. The van der Waals surface area contributed by atoms with Gasteiger partial charge >= 0.3 is 0 Å². The summed E-state index contributed by atoms with van der Waals surface area (Å²) in [4.78, 5) is 23.2. The lowest BCUT2D eigenvalue weighted by atomic mass is 9.78. The monoisotopic (exact) mass is 653 g/mol. The average molecular weight is 654 g/mol. The normalized spacial score (nSPS) is 25.4. The molecule has 1 amide bonds. The minimum absolute atomic E-state index is 0.0225. The van der Waals surface area contributed by atoms with Crippen molar-refractivity contribution in [2.45, 2.75) is 75.5 Å². The number of halogens is 3. The first-order chi connectivity index (χ1) is 22.0. The quantitative estimate of drug-likeness (QED) is 0.346. The van der Waals surface area contributed by atoms with Gasteiger partial charge in [-0.3, -0.25) is 14.4 Å². The second-order valence-corrected chi connectivity index (χ2v) is 14.5. The van der Waals surface area contributed by atoms with Gasteiger partial charge in [-0.1, -0.05) is 23.7 Å². The molecule has 8 nitrogen and oxygen atoms in total. The van der Waals surface area contributed by atoms with Crippen LogP contribution in [-0.2, 0) is 32.3 Å². The van der Waals surface area contributed by atoms with Crippen LogP contribution in [0.25, 0.3) is 0 Å². The number of hydrogen-bond acceptors (Lipinski definition) is 6. The first-order valence-corrected chi connectivity index (χ1v) is 16.7. The number of benzene rings is 2. The van der Waals surface area contributed by atoms with Gasteiger partial charge in [0, 0.05) is 69.5 Å². The van der Waals surface area contributed by atoms with E-state index in [2.05, 4.69) is 34.9 Å². The Kier molecular flexibility index (Phi) is 8.23. The molecule has 246 valence electrons. The molecule has 5 heterocycles. The van der Waals surface area contributed by atoms with E-state index in [1.54, 1.807) is 11.0 Å². The van der Waals surface area contributed by atoms with Gasteiger partial charge in [0.1, 0.15) is 23.8 Å². The van der Waals surface area contributed by atoms with Crippen molar-refractivity contribution >= 4 is 17.5 Å². The Hall–Kier alpha value is -2.92. The van der Waals surface area contributed by atoms with Crippen molar-refractivity contribution in [3.63, 3.8) is 0 Å². The third kappa shape index (κ3) is 5.35. The number of carbonyl (C=O) groups is 1. The molecule has 3 atom stereocenters. The lowest BCUT2D eigenvalue weighted by molar-refractivity contribution is -0.151. The molecule has 11 heteroatoms. The van der Waals surface area contributed by atoms with Crippen LogP contribution in [0.5, 0.6) is 0 Å². The highest BCUT2D eigenvalue weighted by molar-refractivity contribution is 6.31. The van der Waals surface area contributed by atoms with Crippen molar-refractivity contribution < 1.29 is 23.0 Å². The summed E-state index contributed by atoms with van der Waals surface area (Å²) in [6.45, 7) is 9.76. The van der Waals surface area contributed by atoms with E-state index >= 15 is 4.39 Å². The van der Waals surface area contributed by atoms with Gasteiger partial charge in [-0.05, 0) is 80.8 Å². The minimum Gasteiger partial charge on any atom is -0.381 e. The number of hydrogen-bond donors (Lipinski definition) is 0. The Bertz CT molecular complexity index is 1630. The van der Waals surface area contributed by atoms with Crippen molar-refractivity contribution in [3.05, 3.63) is 81.4 Å². The van der Waals surface area contributed by atoms with Crippen LogP contribution >= 0.6 is 11.6 Å². The maximum absolute atomic E-state index is 15.2. The fourth-order valence-corrected chi connectivity index (χ4v) is 8.62. The molecule has 0 radical (unpaired) electrons. The van der Waals surface area contributed by atoms with Gasteiger partial charge < -0.3 is 14.4 Å². The number of aromatic nitrogens is 3. The van der Waals surface area contributed by atoms with E-state index in [4.69, 9.17) is 21.1 Å². The molecular weight excluding hydrogens is 612 g/mol. The summed E-state index contributed by atoms with van der Waals surface area (Å²) >= 11 is 6.71.